The molecule has 1 fully saturated rings. The Morgan fingerprint density at radius 3 is 2.70 bits per heavy atom. The lowest BCUT2D eigenvalue weighted by molar-refractivity contribution is -0.132. The molecule has 1 rings (SSSR count). The van der Waals surface area contributed by atoms with E-state index in [0.717, 1.165) is 25.7 Å². The van der Waals surface area contributed by atoms with Crippen LogP contribution in [-0.4, -0.2) is 30.2 Å². The van der Waals surface area contributed by atoms with E-state index in [-0.39, 0.29) is 29.9 Å². The molecule has 0 aromatic carbocycles. The Balaban J connectivity index is 2.43. The fourth-order valence-corrected chi connectivity index (χ4v) is 3.20. The fourth-order valence-electron chi connectivity index (χ4n) is 3.20. The van der Waals surface area contributed by atoms with Gasteiger partial charge in [-0.2, -0.15) is 0 Å². The zero-order valence-corrected chi connectivity index (χ0v) is 13.5. The third kappa shape index (κ3) is 4.19. The molecule has 0 radical (unpaired) electrons. The second kappa shape index (κ2) is 7.41. The molecule has 0 aromatic rings. The number of carbonyl (C=O) groups is 1. The molecule has 0 aliphatic heterocycles. The van der Waals surface area contributed by atoms with Crippen molar-refractivity contribution < 1.29 is 9.90 Å². The van der Waals surface area contributed by atoms with E-state index in [2.05, 4.69) is 26.1 Å². The Bertz CT molecular complexity index is 318. The summed E-state index contributed by atoms with van der Waals surface area (Å²) in [5.41, 5.74) is 6.09. The van der Waals surface area contributed by atoms with Crippen LogP contribution < -0.4 is 11.1 Å². The number of rotatable bonds is 6. The molecular weight excluding hydrogens is 252 g/mol. The maximum absolute atomic E-state index is 12.4. The zero-order valence-electron chi connectivity index (χ0n) is 13.5. The summed E-state index contributed by atoms with van der Waals surface area (Å²) in [5.74, 6) is 0.912. The second-order valence-electron chi connectivity index (χ2n) is 7.12. The minimum absolute atomic E-state index is 0.0415. The summed E-state index contributed by atoms with van der Waals surface area (Å²) in [7, 11) is 0. The van der Waals surface area contributed by atoms with Crippen molar-refractivity contribution in [1.82, 2.24) is 5.32 Å². The Kier molecular flexibility index (Phi) is 6.46. The largest absolute Gasteiger partial charge is 0.396 e. The van der Waals surface area contributed by atoms with Crippen molar-refractivity contribution in [2.24, 2.45) is 28.9 Å². The molecule has 0 aromatic heterocycles. The number of carbonyl (C=O) groups excluding carboxylic acids is 1. The third-order valence-electron chi connectivity index (χ3n) is 5.30. The molecule has 4 N–H and O–H groups in total. The molecule has 0 bridgehead atoms. The monoisotopic (exact) mass is 284 g/mol. The molecule has 4 unspecified atom stereocenters. The van der Waals surface area contributed by atoms with Crippen LogP contribution in [-0.2, 0) is 4.79 Å². The van der Waals surface area contributed by atoms with Crippen molar-refractivity contribution >= 4 is 5.91 Å². The number of nitrogens with two attached hydrogens (primary N) is 1. The van der Waals surface area contributed by atoms with Gasteiger partial charge in [0, 0.05) is 25.1 Å². The van der Waals surface area contributed by atoms with Gasteiger partial charge in [-0.15, -0.1) is 0 Å². The van der Waals surface area contributed by atoms with Gasteiger partial charge >= 0.3 is 0 Å². The average molecular weight is 284 g/mol. The van der Waals surface area contributed by atoms with Crippen LogP contribution in [0.1, 0.15) is 53.4 Å². The highest BCUT2D eigenvalue weighted by Crippen LogP contribution is 2.44. The number of hydrogen-bond acceptors (Lipinski definition) is 3. The topological polar surface area (TPSA) is 75.3 Å². The molecule has 0 saturated heterocycles. The summed E-state index contributed by atoms with van der Waals surface area (Å²) >= 11 is 0. The van der Waals surface area contributed by atoms with Gasteiger partial charge in [-0.25, -0.2) is 0 Å². The maximum Gasteiger partial charge on any atom is 0.223 e. The van der Waals surface area contributed by atoms with Crippen molar-refractivity contribution in [1.29, 1.82) is 0 Å². The minimum Gasteiger partial charge on any atom is -0.396 e. The SMILES string of the molecule is CC(CO)CCCNC(=O)C1CCC(N)C(C)C1(C)C. The molecule has 118 valence electrons. The first-order valence-corrected chi connectivity index (χ1v) is 7.94. The highest BCUT2D eigenvalue weighted by atomic mass is 16.3. The van der Waals surface area contributed by atoms with Crippen molar-refractivity contribution in [3.8, 4) is 0 Å². The summed E-state index contributed by atoms with van der Waals surface area (Å²) in [6, 6.07) is 0.208. The van der Waals surface area contributed by atoms with E-state index in [4.69, 9.17) is 10.8 Å². The van der Waals surface area contributed by atoms with Gasteiger partial charge in [0.1, 0.15) is 0 Å². The van der Waals surface area contributed by atoms with Crippen LogP contribution in [0.15, 0.2) is 0 Å². The lowest BCUT2D eigenvalue weighted by Gasteiger charge is -2.46. The number of nitrogens with one attached hydrogen (secondary N) is 1. The predicted molar refractivity (Wildman–Crippen MR) is 82.1 cm³/mol. The average Bonchev–Trinajstić information content (AvgIpc) is 2.40. The highest BCUT2D eigenvalue weighted by Gasteiger charge is 2.44. The lowest BCUT2D eigenvalue weighted by Crippen LogP contribution is -2.51. The van der Waals surface area contributed by atoms with Crippen molar-refractivity contribution in [3.63, 3.8) is 0 Å². The zero-order chi connectivity index (χ0) is 15.3. The molecule has 0 spiro atoms. The quantitative estimate of drug-likeness (QED) is 0.652. The van der Waals surface area contributed by atoms with Crippen molar-refractivity contribution in [2.75, 3.05) is 13.2 Å². The van der Waals surface area contributed by atoms with Gasteiger partial charge in [0.25, 0.3) is 0 Å². The number of aliphatic hydroxyl groups is 1. The van der Waals surface area contributed by atoms with Crippen LogP contribution in [0.2, 0.25) is 0 Å². The molecule has 1 aliphatic carbocycles. The number of amides is 1. The van der Waals surface area contributed by atoms with Gasteiger partial charge < -0.3 is 16.2 Å². The maximum atomic E-state index is 12.4. The fraction of sp³-hybridized carbons (Fsp3) is 0.938. The van der Waals surface area contributed by atoms with Gasteiger partial charge in [-0.05, 0) is 42.9 Å². The van der Waals surface area contributed by atoms with E-state index in [9.17, 15) is 4.79 Å². The predicted octanol–water partition coefficient (Wildman–Crippen LogP) is 1.91. The molecule has 4 nitrogen and oxygen atoms in total. The molecular formula is C16H32N2O2. The smallest absolute Gasteiger partial charge is 0.223 e. The summed E-state index contributed by atoms with van der Waals surface area (Å²) in [4.78, 5) is 12.4. The summed E-state index contributed by atoms with van der Waals surface area (Å²) < 4.78 is 0. The normalized spacial score (nSPS) is 30.8. The Morgan fingerprint density at radius 2 is 2.10 bits per heavy atom. The first-order valence-electron chi connectivity index (χ1n) is 7.94. The molecule has 20 heavy (non-hydrogen) atoms. The number of hydrogen-bond donors (Lipinski definition) is 3. The van der Waals surface area contributed by atoms with Gasteiger partial charge in [0.05, 0.1) is 0 Å². The van der Waals surface area contributed by atoms with E-state index in [1.807, 2.05) is 6.92 Å². The summed E-state index contributed by atoms with van der Waals surface area (Å²) in [6.45, 7) is 9.43. The first kappa shape index (κ1) is 17.4. The van der Waals surface area contributed by atoms with Crippen molar-refractivity contribution in [2.45, 2.75) is 59.4 Å². The van der Waals surface area contributed by atoms with Crippen LogP contribution in [0, 0.1) is 23.2 Å². The Morgan fingerprint density at radius 1 is 1.45 bits per heavy atom. The second-order valence-corrected chi connectivity index (χ2v) is 7.12. The molecule has 4 atom stereocenters. The minimum atomic E-state index is -0.0415. The molecule has 1 amide bonds. The lowest BCUT2D eigenvalue weighted by atomic mass is 9.61. The Labute approximate surface area is 123 Å². The van der Waals surface area contributed by atoms with Crippen LogP contribution in [0.4, 0.5) is 0 Å². The van der Waals surface area contributed by atoms with E-state index < -0.39 is 0 Å². The molecule has 0 heterocycles. The van der Waals surface area contributed by atoms with Crippen LogP contribution in [0.3, 0.4) is 0 Å². The van der Waals surface area contributed by atoms with Crippen LogP contribution in [0.5, 0.6) is 0 Å². The van der Waals surface area contributed by atoms with Gasteiger partial charge in [-0.1, -0.05) is 27.7 Å². The molecule has 1 aliphatic rings. The van der Waals surface area contributed by atoms with Crippen molar-refractivity contribution in [3.05, 3.63) is 0 Å². The van der Waals surface area contributed by atoms with Gasteiger partial charge in [-0.3, -0.25) is 4.79 Å². The number of aliphatic hydroxyl groups excluding tert-OH is 1. The first-order chi connectivity index (χ1) is 9.30. The van der Waals surface area contributed by atoms with Gasteiger partial charge in [0.2, 0.25) is 5.91 Å². The standard InChI is InChI=1S/C16H32N2O2/c1-11(10-19)6-5-9-18-15(20)13-7-8-14(17)12(2)16(13,3)4/h11-14,19H,5-10,17H2,1-4H3,(H,18,20). The van der Waals surface area contributed by atoms with E-state index >= 15 is 0 Å². The van der Waals surface area contributed by atoms with Crippen LogP contribution >= 0.6 is 0 Å². The molecule has 4 heteroatoms. The molecule has 1 saturated carbocycles. The van der Waals surface area contributed by atoms with Gasteiger partial charge in [0.15, 0.2) is 0 Å². The Hall–Kier alpha value is -0.610. The van der Waals surface area contributed by atoms with E-state index in [1.165, 1.54) is 0 Å². The summed E-state index contributed by atoms with van der Waals surface area (Å²) in [6.07, 6.45) is 3.70. The van der Waals surface area contributed by atoms with Crippen LogP contribution in [0.25, 0.3) is 0 Å². The van der Waals surface area contributed by atoms with E-state index in [0.29, 0.717) is 18.4 Å². The highest BCUT2D eigenvalue weighted by molar-refractivity contribution is 5.79. The van der Waals surface area contributed by atoms with E-state index in [1.54, 1.807) is 0 Å². The third-order valence-corrected chi connectivity index (χ3v) is 5.30. The summed E-state index contributed by atoms with van der Waals surface area (Å²) in [5, 5.41) is 12.0.